The number of ether oxygens (including phenoxy) is 1. The molecule has 0 spiro atoms. The monoisotopic (exact) mass is 229 g/mol. The molecule has 0 saturated carbocycles. The van der Waals surface area contributed by atoms with E-state index in [1.54, 1.807) is 13.0 Å². The Labute approximate surface area is 100 Å². The van der Waals surface area contributed by atoms with Gasteiger partial charge < -0.3 is 4.74 Å². The first kappa shape index (κ1) is 11.6. The molecule has 0 saturated heterocycles. The number of rotatable bonds is 2. The van der Waals surface area contributed by atoms with Crippen molar-refractivity contribution in [1.82, 2.24) is 4.98 Å². The van der Waals surface area contributed by atoms with E-state index in [0.29, 0.717) is 12.2 Å². The van der Waals surface area contributed by atoms with Crippen LogP contribution in [0.5, 0.6) is 0 Å². The van der Waals surface area contributed by atoms with Crippen LogP contribution in [0.3, 0.4) is 0 Å². The molecule has 1 aromatic carbocycles. The summed E-state index contributed by atoms with van der Waals surface area (Å²) < 4.78 is 4.98. The Morgan fingerprint density at radius 1 is 1.29 bits per heavy atom. The molecule has 3 heteroatoms. The van der Waals surface area contributed by atoms with Crippen molar-refractivity contribution in [3.8, 4) is 0 Å². The van der Waals surface area contributed by atoms with Crippen LogP contribution in [0.1, 0.15) is 28.5 Å². The van der Waals surface area contributed by atoms with Crippen LogP contribution in [0.2, 0.25) is 0 Å². The third kappa shape index (κ3) is 2.28. The van der Waals surface area contributed by atoms with Crippen molar-refractivity contribution in [1.29, 1.82) is 0 Å². The van der Waals surface area contributed by atoms with Gasteiger partial charge in [0.1, 0.15) is 0 Å². The summed E-state index contributed by atoms with van der Waals surface area (Å²) in [6.07, 6.45) is 0. The molecule has 3 nitrogen and oxygen atoms in total. The Morgan fingerprint density at radius 2 is 2.06 bits per heavy atom. The van der Waals surface area contributed by atoms with Gasteiger partial charge in [-0.3, -0.25) is 4.98 Å². The minimum Gasteiger partial charge on any atom is -0.462 e. The molecule has 0 radical (unpaired) electrons. The maximum atomic E-state index is 11.6. The lowest BCUT2D eigenvalue weighted by Gasteiger charge is -2.06. The summed E-state index contributed by atoms with van der Waals surface area (Å²) >= 11 is 0. The van der Waals surface area contributed by atoms with Crippen molar-refractivity contribution in [2.24, 2.45) is 0 Å². The van der Waals surface area contributed by atoms with Crippen molar-refractivity contribution in [3.63, 3.8) is 0 Å². The van der Waals surface area contributed by atoms with Gasteiger partial charge in [0.05, 0.1) is 17.7 Å². The molecule has 1 aromatic heterocycles. The van der Waals surface area contributed by atoms with E-state index in [1.165, 1.54) is 0 Å². The van der Waals surface area contributed by atoms with Crippen LogP contribution in [0.4, 0.5) is 0 Å². The Morgan fingerprint density at radius 3 is 2.76 bits per heavy atom. The molecule has 0 N–H and O–H groups in total. The Hall–Kier alpha value is -1.90. The van der Waals surface area contributed by atoms with Gasteiger partial charge in [-0.1, -0.05) is 0 Å². The Bertz CT molecular complexity index is 576. The van der Waals surface area contributed by atoms with Gasteiger partial charge in [-0.2, -0.15) is 0 Å². The molecule has 0 fully saturated rings. The second-order valence-corrected chi connectivity index (χ2v) is 4.03. The van der Waals surface area contributed by atoms with Gasteiger partial charge in [-0.25, -0.2) is 4.79 Å². The summed E-state index contributed by atoms with van der Waals surface area (Å²) in [5, 5.41) is 1.00. The maximum Gasteiger partial charge on any atom is 0.338 e. The van der Waals surface area contributed by atoms with E-state index in [0.717, 1.165) is 22.2 Å². The highest BCUT2D eigenvalue weighted by Crippen LogP contribution is 2.19. The third-order valence-electron chi connectivity index (χ3n) is 2.65. The Kier molecular flexibility index (Phi) is 3.09. The summed E-state index contributed by atoms with van der Waals surface area (Å²) in [7, 11) is 0. The lowest BCUT2D eigenvalue weighted by atomic mass is 10.1. The zero-order valence-corrected chi connectivity index (χ0v) is 10.3. The lowest BCUT2D eigenvalue weighted by Crippen LogP contribution is -2.04. The number of carbonyl (C=O) groups excluding carboxylic acids is 1. The van der Waals surface area contributed by atoms with Gasteiger partial charge in [-0.15, -0.1) is 0 Å². The number of nitrogens with zero attached hydrogens (tertiary/aromatic N) is 1. The van der Waals surface area contributed by atoms with E-state index in [4.69, 9.17) is 4.74 Å². The summed E-state index contributed by atoms with van der Waals surface area (Å²) in [5.74, 6) is -0.283. The Balaban J connectivity index is 2.54. The smallest absolute Gasteiger partial charge is 0.338 e. The fourth-order valence-corrected chi connectivity index (χ4v) is 1.90. The van der Waals surface area contributed by atoms with Crippen molar-refractivity contribution < 1.29 is 9.53 Å². The lowest BCUT2D eigenvalue weighted by molar-refractivity contribution is 0.0526. The summed E-state index contributed by atoms with van der Waals surface area (Å²) in [5.41, 5.74) is 3.60. The minimum atomic E-state index is -0.283. The van der Waals surface area contributed by atoms with Crippen LogP contribution in [-0.2, 0) is 4.74 Å². The van der Waals surface area contributed by atoms with Gasteiger partial charge >= 0.3 is 5.97 Å². The van der Waals surface area contributed by atoms with E-state index in [9.17, 15) is 4.79 Å². The maximum absolute atomic E-state index is 11.6. The number of pyridine rings is 1. The van der Waals surface area contributed by atoms with Gasteiger partial charge in [0.15, 0.2) is 0 Å². The molecular weight excluding hydrogens is 214 g/mol. The molecular formula is C14H15NO2. The second kappa shape index (κ2) is 4.53. The first-order valence-corrected chi connectivity index (χ1v) is 5.67. The number of hydrogen-bond acceptors (Lipinski definition) is 3. The molecule has 0 bridgehead atoms. The number of benzene rings is 1. The van der Waals surface area contributed by atoms with E-state index in [1.807, 2.05) is 32.0 Å². The zero-order chi connectivity index (χ0) is 12.4. The predicted molar refractivity (Wildman–Crippen MR) is 67.2 cm³/mol. The molecule has 0 aliphatic rings. The minimum absolute atomic E-state index is 0.283. The quantitative estimate of drug-likeness (QED) is 0.743. The van der Waals surface area contributed by atoms with E-state index in [-0.39, 0.29) is 5.97 Å². The van der Waals surface area contributed by atoms with E-state index < -0.39 is 0 Å². The molecule has 1 heterocycles. The average molecular weight is 229 g/mol. The van der Waals surface area contributed by atoms with Crippen LogP contribution in [0, 0.1) is 13.8 Å². The van der Waals surface area contributed by atoms with E-state index >= 15 is 0 Å². The summed E-state index contributed by atoms with van der Waals surface area (Å²) in [6.45, 7) is 6.18. The van der Waals surface area contributed by atoms with Gasteiger partial charge in [0.25, 0.3) is 0 Å². The van der Waals surface area contributed by atoms with Crippen molar-refractivity contribution in [3.05, 3.63) is 41.1 Å². The number of hydrogen-bond donors (Lipinski definition) is 0. The number of carbonyl (C=O) groups is 1. The summed E-state index contributed by atoms with van der Waals surface area (Å²) in [4.78, 5) is 16.1. The predicted octanol–water partition coefficient (Wildman–Crippen LogP) is 3.03. The highest BCUT2D eigenvalue weighted by molar-refractivity contribution is 5.95. The molecule has 88 valence electrons. The summed E-state index contributed by atoms with van der Waals surface area (Å²) in [6, 6.07) is 7.47. The van der Waals surface area contributed by atoms with Crippen molar-refractivity contribution in [2.75, 3.05) is 6.61 Å². The molecule has 0 unspecified atom stereocenters. The fraction of sp³-hybridized carbons (Fsp3) is 0.286. The molecule has 2 aromatic rings. The number of esters is 1. The van der Waals surface area contributed by atoms with Gasteiger partial charge in [0, 0.05) is 11.1 Å². The van der Waals surface area contributed by atoms with Crippen molar-refractivity contribution >= 4 is 16.9 Å². The first-order valence-electron chi connectivity index (χ1n) is 5.67. The van der Waals surface area contributed by atoms with Crippen LogP contribution < -0.4 is 0 Å². The highest BCUT2D eigenvalue weighted by atomic mass is 16.5. The first-order chi connectivity index (χ1) is 8.11. The zero-order valence-electron chi connectivity index (χ0n) is 10.3. The largest absolute Gasteiger partial charge is 0.462 e. The van der Waals surface area contributed by atoms with Gasteiger partial charge in [-0.05, 0) is 50.6 Å². The molecule has 0 atom stereocenters. The third-order valence-corrected chi connectivity index (χ3v) is 2.65. The van der Waals surface area contributed by atoms with Crippen molar-refractivity contribution in [2.45, 2.75) is 20.8 Å². The standard InChI is InChI=1S/C14H15NO2/c1-4-17-14(16)11-5-6-13-12(8-11)9(2)7-10(3)15-13/h5-8H,4H2,1-3H3. The molecule has 0 aliphatic carbocycles. The van der Waals surface area contributed by atoms with E-state index in [2.05, 4.69) is 4.98 Å². The number of fused-ring (bicyclic) bond motifs is 1. The van der Waals surface area contributed by atoms with Crippen LogP contribution in [0.25, 0.3) is 10.9 Å². The molecule has 0 amide bonds. The highest BCUT2D eigenvalue weighted by Gasteiger charge is 2.08. The number of aryl methyl sites for hydroxylation is 2. The van der Waals surface area contributed by atoms with Crippen LogP contribution >= 0.6 is 0 Å². The number of aromatic nitrogens is 1. The van der Waals surface area contributed by atoms with Crippen LogP contribution in [0.15, 0.2) is 24.3 Å². The fourth-order valence-electron chi connectivity index (χ4n) is 1.90. The molecule has 2 rings (SSSR count). The van der Waals surface area contributed by atoms with Crippen LogP contribution in [-0.4, -0.2) is 17.6 Å². The van der Waals surface area contributed by atoms with Gasteiger partial charge in [0.2, 0.25) is 0 Å². The molecule has 17 heavy (non-hydrogen) atoms. The topological polar surface area (TPSA) is 39.2 Å². The second-order valence-electron chi connectivity index (χ2n) is 4.03. The molecule has 0 aliphatic heterocycles. The normalized spacial score (nSPS) is 10.5. The average Bonchev–Trinajstić information content (AvgIpc) is 2.28. The SMILES string of the molecule is CCOC(=O)c1ccc2nc(C)cc(C)c2c1.